The van der Waals surface area contributed by atoms with E-state index in [0.717, 1.165) is 5.39 Å². The number of esters is 1. The second-order valence-electron chi connectivity index (χ2n) is 5.74. The Balaban J connectivity index is 2.21. The average molecular weight is 339 g/mol. The molecule has 0 aliphatic heterocycles. The molecule has 0 amide bonds. The highest BCUT2D eigenvalue weighted by molar-refractivity contribution is 6.12. The first-order valence-corrected chi connectivity index (χ1v) is 7.71. The summed E-state index contributed by atoms with van der Waals surface area (Å²) in [5.74, 6) is -0.110. The second kappa shape index (κ2) is 6.76. The van der Waals surface area contributed by atoms with Crippen molar-refractivity contribution in [3.8, 4) is 0 Å². The number of aromatic nitrogens is 1. The zero-order valence-corrected chi connectivity index (χ0v) is 14.2. The van der Waals surface area contributed by atoms with Crippen LogP contribution in [0.25, 0.3) is 10.8 Å². The molecule has 0 spiro atoms. The third-order valence-electron chi connectivity index (χ3n) is 3.83. The fourth-order valence-corrected chi connectivity index (χ4v) is 2.72. The molecule has 3 rings (SSSR count). The number of methoxy groups -OCH3 is 1. The molecule has 1 N–H and O–H groups in total. The average Bonchev–Trinajstić information content (AvgIpc) is 2.60. The van der Waals surface area contributed by atoms with E-state index in [1.165, 1.54) is 19.2 Å². The fourth-order valence-electron chi connectivity index (χ4n) is 2.72. The summed E-state index contributed by atoms with van der Waals surface area (Å²) < 4.78 is 18.3. The van der Waals surface area contributed by atoms with E-state index < -0.39 is 5.97 Å². The summed E-state index contributed by atoms with van der Waals surface area (Å²) in [5, 5.41) is 4.64. The van der Waals surface area contributed by atoms with Crippen LogP contribution < -0.4 is 10.2 Å². The predicted octanol–water partition coefficient (Wildman–Crippen LogP) is 3.97. The van der Waals surface area contributed by atoms with Gasteiger partial charge in [-0.15, -0.1) is 0 Å². The monoisotopic (exact) mass is 339 g/mol. The van der Waals surface area contributed by atoms with E-state index in [0.29, 0.717) is 28.1 Å². The Labute approximate surface area is 145 Å². The molecule has 0 aliphatic carbocycles. The number of nitrogens with one attached hydrogen (secondary N) is 1. The fraction of sp³-hybridized carbons (Fsp3) is 0.158. The Morgan fingerprint density at radius 3 is 2.64 bits per heavy atom. The van der Waals surface area contributed by atoms with Gasteiger partial charge in [0, 0.05) is 30.6 Å². The minimum Gasteiger partial charge on any atom is -0.465 e. The number of carbonyl (C=O) groups excluding carboxylic acids is 1. The molecule has 5 nitrogen and oxygen atoms in total. The molecule has 0 saturated carbocycles. The van der Waals surface area contributed by atoms with E-state index in [9.17, 15) is 9.18 Å². The summed E-state index contributed by atoms with van der Waals surface area (Å²) in [6.45, 7) is 0. The molecule has 0 saturated heterocycles. The Kier molecular flexibility index (Phi) is 4.52. The largest absolute Gasteiger partial charge is 0.465 e. The van der Waals surface area contributed by atoms with Gasteiger partial charge in [0.2, 0.25) is 0 Å². The number of benzene rings is 2. The topological polar surface area (TPSA) is 54.5 Å². The van der Waals surface area contributed by atoms with Crippen LogP contribution in [0.2, 0.25) is 0 Å². The van der Waals surface area contributed by atoms with Crippen molar-refractivity contribution in [3.63, 3.8) is 0 Å². The van der Waals surface area contributed by atoms with Gasteiger partial charge in [-0.2, -0.15) is 0 Å². The molecule has 0 fully saturated rings. The Hall–Kier alpha value is -3.15. The lowest BCUT2D eigenvalue weighted by molar-refractivity contribution is 0.0603. The van der Waals surface area contributed by atoms with Gasteiger partial charge in [-0.05, 0) is 24.3 Å². The molecule has 6 heteroatoms. The van der Waals surface area contributed by atoms with Gasteiger partial charge in [0.1, 0.15) is 11.6 Å². The first-order valence-electron chi connectivity index (χ1n) is 7.71. The van der Waals surface area contributed by atoms with Crippen molar-refractivity contribution in [2.75, 3.05) is 31.4 Å². The highest BCUT2D eigenvalue weighted by Gasteiger charge is 2.18. The molecule has 0 unspecified atom stereocenters. The number of anilines is 3. The molecule has 1 heterocycles. The van der Waals surface area contributed by atoms with Gasteiger partial charge in [0.25, 0.3) is 0 Å². The van der Waals surface area contributed by atoms with Crippen LogP contribution >= 0.6 is 0 Å². The van der Waals surface area contributed by atoms with Gasteiger partial charge in [-0.3, -0.25) is 0 Å². The Morgan fingerprint density at radius 1 is 1.20 bits per heavy atom. The summed E-state index contributed by atoms with van der Waals surface area (Å²) >= 11 is 0. The lowest BCUT2D eigenvalue weighted by atomic mass is 10.0. The molecule has 2 aromatic carbocycles. The second-order valence-corrected chi connectivity index (χ2v) is 5.74. The maximum Gasteiger partial charge on any atom is 0.338 e. The highest BCUT2D eigenvalue weighted by Crippen LogP contribution is 2.34. The van der Waals surface area contributed by atoms with Crippen LogP contribution in [-0.2, 0) is 4.74 Å². The van der Waals surface area contributed by atoms with Crippen molar-refractivity contribution in [3.05, 3.63) is 60.0 Å². The molecule has 0 atom stereocenters. The normalized spacial score (nSPS) is 10.6. The Bertz CT molecular complexity index is 941. The minimum atomic E-state index is -0.432. The number of pyridine rings is 1. The van der Waals surface area contributed by atoms with Crippen molar-refractivity contribution in [1.29, 1.82) is 0 Å². The van der Waals surface area contributed by atoms with Crippen molar-refractivity contribution in [2.45, 2.75) is 0 Å². The van der Waals surface area contributed by atoms with E-state index in [2.05, 4.69) is 10.3 Å². The highest BCUT2D eigenvalue weighted by atomic mass is 19.1. The van der Waals surface area contributed by atoms with E-state index in [-0.39, 0.29) is 5.82 Å². The van der Waals surface area contributed by atoms with Gasteiger partial charge in [-0.25, -0.2) is 14.2 Å². The van der Waals surface area contributed by atoms with Gasteiger partial charge in [0.05, 0.1) is 24.6 Å². The van der Waals surface area contributed by atoms with E-state index >= 15 is 0 Å². The standard InChI is InChI=1S/C19H18FN3O2/c1-23(2)18-17-14(8-5-9-15(17)19(24)25-3)16(11-21-18)22-13-7-4-6-12(20)10-13/h4-11,22H,1-3H3. The number of rotatable bonds is 4. The lowest BCUT2D eigenvalue weighted by Crippen LogP contribution is -2.13. The number of hydrogen-bond acceptors (Lipinski definition) is 5. The minimum absolute atomic E-state index is 0.331. The lowest BCUT2D eigenvalue weighted by Gasteiger charge is -2.18. The van der Waals surface area contributed by atoms with E-state index in [1.807, 2.05) is 25.1 Å². The van der Waals surface area contributed by atoms with Gasteiger partial charge >= 0.3 is 5.97 Å². The van der Waals surface area contributed by atoms with Crippen molar-refractivity contribution in [2.24, 2.45) is 0 Å². The van der Waals surface area contributed by atoms with Gasteiger partial charge in [-0.1, -0.05) is 18.2 Å². The van der Waals surface area contributed by atoms with Crippen molar-refractivity contribution >= 4 is 33.9 Å². The number of ether oxygens (including phenoxy) is 1. The van der Waals surface area contributed by atoms with Crippen LogP contribution in [0, 0.1) is 5.82 Å². The van der Waals surface area contributed by atoms with Crippen LogP contribution in [0.5, 0.6) is 0 Å². The quantitative estimate of drug-likeness (QED) is 0.729. The summed E-state index contributed by atoms with van der Waals surface area (Å²) in [6, 6.07) is 11.5. The summed E-state index contributed by atoms with van der Waals surface area (Å²) in [7, 11) is 5.06. The molecule has 0 aliphatic rings. The number of nitrogens with zero attached hydrogens (tertiary/aromatic N) is 2. The van der Waals surface area contributed by atoms with Crippen LogP contribution in [0.3, 0.4) is 0 Å². The number of carbonyl (C=O) groups is 1. The van der Waals surface area contributed by atoms with E-state index in [1.54, 1.807) is 30.5 Å². The van der Waals surface area contributed by atoms with Crippen molar-refractivity contribution in [1.82, 2.24) is 4.98 Å². The van der Waals surface area contributed by atoms with Crippen LogP contribution in [0.1, 0.15) is 10.4 Å². The maximum atomic E-state index is 13.4. The van der Waals surface area contributed by atoms with Gasteiger partial charge in [0.15, 0.2) is 0 Å². The van der Waals surface area contributed by atoms with Gasteiger partial charge < -0.3 is 15.0 Å². The molecule has 0 bridgehead atoms. The number of fused-ring (bicyclic) bond motifs is 1. The molecule has 128 valence electrons. The zero-order valence-electron chi connectivity index (χ0n) is 14.2. The summed E-state index contributed by atoms with van der Waals surface area (Å²) in [6.07, 6.45) is 1.67. The smallest absolute Gasteiger partial charge is 0.338 e. The molecule has 3 aromatic rings. The number of hydrogen-bond donors (Lipinski definition) is 1. The summed E-state index contributed by atoms with van der Waals surface area (Å²) in [5.41, 5.74) is 1.71. The van der Waals surface area contributed by atoms with Crippen LogP contribution in [-0.4, -0.2) is 32.2 Å². The molecule has 1 aromatic heterocycles. The Morgan fingerprint density at radius 2 is 1.96 bits per heavy atom. The third-order valence-corrected chi connectivity index (χ3v) is 3.83. The molecule has 0 radical (unpaired) electrons. The summed E-state index contributed by atoms with van der Waals surface area (Å²) in [4.78, 5) is 18.5. The van der Waals surface area contributed by atoms with Crippen LogP contribution in [0.4, 0.5) is 21.6 Å². The maximum absolute atomic E-state index is 13.4. The first-order chi connectivity index (χ1) is 12.0. The van der Waals surface area contributed by atoms with Crippen molar-refractivity contribution < 1.29 is 13.9 Å². The molecule has 25 heavy (non-hydrogen) atoms. The van der Waals surface area contributed by atoms with Crippen LogP contribution in [0.15, 0.2) is 48.7 Å². The third kappa shape index (κ3) is 3.24. The first kappa shape index (κ1) is 16.7. The predicted molar refractivity (Wildman–Crippen MR) is 97.1 cm³/mol. The SMILES string of the molecule is COC(=O)c1cccc2c(Nc3cccc(F)c3)cnc(N(C)C)c12. The zero-order chi connectivity index (χ0) is 18.0. The molecular formula is C19H18FN3O2. The number of halogens is 1. The van der Waals surface area contributed by atoms with E-state index in [4.69, 9.17) is 4.74 Å². The molecular weight excluding hydrogens is 321 g/mol.